The van der Waals surface area contributed by atoms with Gasteiger partial charge in [0.15, 0.2) is 69.0 Å². The summed E-state index contributed by atoms with van der Waals surface area (Å²) in [7, 11) is 26.4. The van der Waals surface area contributed by atoms with Crippen LogP contribution in [0.5, 0.6) is 103 Å². The smallest absolute Gasteiger partial charge is 0.276 e. The van der Waals surface area contributed by atoms with Crippen molar-refractivity contribution in [2.24, 2.45) is 5.18 Å². The van der Waals surface area contributed by atoms with Crippen LogP contribution in [0.15, 0.2) is 199 Å². The van der Waals surface area contributed by atoms with E-state index >= 15 is 0 Å². The third kappa shape index (κ3) is 22.1. The molecule has 0 aromatic heterocycles. The Hall–Kier alpha value is -14.2. The van der Waals surface area contributed by atoms with E-state index in [2.05, 4.69) is 158 Å². The number of benzene rings is 11. The van der Waals surface area contributed by atoms with Gasteiger partial charge in [-0.25, -0.2) is 0 Å². The molecule has 0 saturated carbocycles. The summed E-state index contributed by atoms with van der Waals surface area (Å²) >= 11 is 0. The summed E-state index contributed by atoms with van der Waals surface area (Å²) < 4.78 is 85.8. The Kier molecular flexibility index (Phi) is 32.2. The number of hydrogen-bond acceptors (Lipinski definition) is 28. The molecule has 144 heavy (non-hydrogen) atoms. The third-order valence-electron chi connectivity index (χ3n) is 29.2. The van der Waals surface area contributed by atoms with Crippen LogP contribution in [0, 0.1) is 45.9 Å². The van der Waals surface area contributed by atoms with Gasteiger partial charge >= 0.3 is 0 Å². The molecule has 0 unspecified atom stereocenters. The van der Waals surface area contributed by atoms with E-state index in [0.29, 0.717) is 142 Å². The van der Waals surface area contributed by atoms with Crippen molar-refractivity contribution in [1.29, 1.82) is 0 Å². The molecule has 22 rings (SSSR count). The molecular weight excluding hydrogens is 1830 g/mol. The van der Waals surface area contributed by atoms with Crippen molar-refractivity contribution in [1.82, 2.24) is 29.4 Å². The van der Waals surface area contributed by atoms with Crippen molar-refractivity contribution in [3.8, 4) is 103 Å². The van der Waals surface area contributed by atoms with Crippen molar-refractivity contribution in [3.05, 3.63) is 325 Å². The molecule has 3 N–H and O–H groups in total. The van der Waals surface area contributed by atoms with E-state index in [-0.39, 0.29) is 53.2 Å². The average Bonchev–Trinajstić information content (AvgIpc) is 0.749. The second-order valence-corrected chi connectivity index (χ2v) is 38.0. The summed E-state index contributed by atoms with van der Waals surface area (Å²) in [5.41, 5.74) is 28.9. The van der Waals surface area contributed by atoms with Gasteiger partial charge in [0.25, 0.3) is 5.69 Å². The SMILES string of the molecule is C=C(OC)/C1=C\C(=C\[N+](=O)[O-])CCN(C)CCc2cc(c(OC)cc2[N+](=O)[O-])Oc2cc3c(cc2C)CCN(C)[C@H]3Cc2ccc(cc2)O1.CO.COc1cc(N)c2cc1Oc1ccc(cc1)C[C@H]1c3cc(c(C)cc3CCN1C)Oc1c(OC)c(OC)cc3c1[C@H](C2)N(C)CC3.COc1cc(N=O)c2cc1Oc1ccc(cc1)C[C@H]1c3cc(c(C)cc3CCN1C)Oc1c(OC)c(OC)cc3c1[C@H](C2)N(C)CC3. The number of fused-ring (bicyclic) bond motifs is 13. The summed E-state index contributed by atoms with van der Waals surface area (Å²) in [4.78, 5) is 48.8. The molecule has 18 bridgehead atoms. The van der Waals surface area contributed by atoms with E-state index < -0.39 is 9.85 Å². The number of aliphatic hydroxyl groups excluding tert-OH is 1. The fraction of sp³-hybridized carbons (Fsp3) is 0.368. The first-order valence-corrected chi connectivity index (χ1v) is 48.6. The second-order valence-electron chi connectivity index (χ2n) is 38.0. The van der Waals surface area contributed by atoms with Crippen LogP contribution >= 0.6 is 0 Å². The van der Waals surface area contributed by atoms with Crippen LogP contribution in [-0.4, -0.2) is 196 Å². The number of nitrogen functional groups attached to an aromatic ring is 1. The number of hydrogen-bond donors (Lipinski definition) is 2. The molecule has 11 aromatic carbocycles. The first-order chi connectivity index (χ1) is 69.5. The number of nitro groups is 2. The molecule has 0 fully saturated rings. The fourth-order valence-corrected chi connectivity index (χ4v) is 21.0. The number of anilines is 1. The zero-order valence-electron chi connectivity index (χ0n) is 85.5. The number of nitro benzene ring substituents is 1. The lowest BCUT2D eigenvalue weighted by Crippen LogP contribution is -2.34. The number of ether oxygens (including phenoxy) is 14. The first kappa shape index (κ1) is 103. The number of nitroso groups, excluding NO2 is 1. The number of aryl methyl sites for hydroxylation is 3. The van der Waals surface area contributed by atoms with Crippen LogP contribution in [-0.2, 0) is 75.4 Å². The van der Waals surface area contributed by atoms with E-state index in [1.165, 1.54) is 64.8 Å². The normalized spacial score (nSPS) is 19.0. The number of nitrogens with zero attached hydrogens (tertiary/aromatic N) is 9. The van der Waals surface area contributed by atoms with Crippen molar-refractivity contribution < 1.29 is 81.3 Å². The topological polar surface area (TPSA) is 311 Å². The molecular formula is C114H130N10O20. The highest BCUT2D eigenvalue weighted by Crippen LogP contribution is 2.56. The van der Waals surface area contributed by atoms with Crippen molar-refractivity contribution in [2.75, 3.05) is 158 Å². The Balaban J connectivity index is 0.000000154. The van der Waals surface area contributed by atoms with Gasteiger partial charge in [0, 0.05) is 123 Å². The Morgan fingerprint density at radius 2 is 0.771 bits per heavy atom. The minimum atomic E-state index is -0.509. The minimum Gasteiger partial charge on any atom is -0.493 e. The number of nitrogens with two attached hydrogens (primary N) is 1. The predicted octanol–water partition coefficient (Wildman–Crippen LogP) is 21.5. The standard InChI is InChI=1S/C38H41N3O6.C38H43N3O5.C37H42N4O8.CH4O/c1-22-15-24-11-13-40(2)30-16-23-7-9-27(10-8-23)46-34-19-26(29(39-42)21-33(34)43-4)17-31-36-25(12-14-41(31)3)18-35(44-5)37(45-6)38(36)47-32(22)20-28(24)30;1-22-15-24-11-13-40(2)30-16-23-7-9-27(10-8-23)45-34-19-26(29(39)21-33(34)42-4)17-31-36-25(12-14-41(31)3)18-35(43-5)37(44-6)38(36)46-32(22)20-28(24)30;1-24-17-28-13-16-39(4)33-18-26-7-9-30(10-8-26)48-35(25(2)46-5)19-27(23-40(42)43)11-14-38(3)15-12-29-20-37(49-34(24)21-31(28)33)36(47-6)22-32(29)41(44)45;1-2/h7-10,15,18-21,30-31H,11-14,16-17H2,1-6H3;7-10,15,18-21,30-31H,11-14,16-17,39H2,1-6H3;7-10,17,19-23,33H,2,11-16,18H2,1,3-6H3;2H,1H3/b;;27-23+,35-19+;/t2*30-,31-;33-;/m000./s1. The molecule has 11 aliphatic heterocycles. The highest BCUT2D eigenvalue weighted by Gasteiger charge is 2.40. The van der Waals surface area contributed by atoms with Crippen LogP contribution in [0.3, 0.4) is 0 Å². The fourth-order valence-electron chi connectivity index (χ4n) is 21.0. The van der Waals surface area contributed by atoms with Crippen LogP contribution in [0.2, 0.25) is 0 Å². The Bertz CT molecular complexity index is 6690. The quantitative estimate of drug-likeness (QED) is 0.0377. The lowest BCUT2D eigenvalue weighted by molar-refractivity contribution is -0.403. The lowest BCUT2D eigenvalue weighted by atomic mass is 9.86. The van der Waals surface area contributed by atoms with Gasteiger partial charge in [-0.05, 0) is 325 Å². The number of aliphatic hydroxyl groups is 1. The molecule has 11 heterocycles. The zero-order valence-corrected chi connectivity index (χ0v) is 85.5. The summed E-state index contributed by atoms with van der Waals surface area (Å²) in [6.45, 7) is 15.6. The van der Waals surface area contributed by atoms with Gasteiger partial charge in [-0.1, -0.05) is 61.2 Å². The summed E-state index contributed by atoms with van der Waals surface area (Å²) in [5.74, 6) is 11.3. The van der Waals surface area contributed by atoms with E-state index in [1.807, 2.05) is 85.6 Å². The van der Waals surface area contributed by atoms with Gasteiger partial charge in [0.2, 0.25) is 17.7 Å². The van der Waals surface area contributed by atoms with Crippen molar-refractivity contribution in [2.45, 2.75) is 128 Å². The highest BCUT2D eigenvalue weighted by atomic mass is 16.6. The number of allylic oxidation sites excluding steroid dienone is 1. The summed E-state index contributed by atoms with van der Waals surface area (Å²) in [5, 5.41) is 34.1. The molecule has 5 atom stereocenters. The molecule has 11 aliphatic rings. The van der Waals surface area contributed by atoms with Crippen molar-refractivity contribution in [3.63, 3.8) is 0 Å². The van der Waals surface area contributed by atoms with Crippen molar-refractivity contribution >= 4 is 17.1 Å². The molecule has 30 heteroatoms. The van der Waals surface area contributed by atoms with E-state index in [1.54, 1.807) is 60.9 Å². The van der Waals surface area contributed by atoms with Crippen LogP contribution < -0.4 is 67.3 Å². The van der Waals surface area contributed by atoms with Crippen LogP contribution in [0.4, 0.5) is 17.1 Å². The molecule has 0 spiro atoms. The number of likely N-dealkylation sites (N-methyl/N-ethyl adjacent to an activating group) is 6. The van der Waals surface area contributed by atoms with Crippen LogP contribution in [0.1, 0.15) is 142 Å². The second kappa shape index (κ2) is 45.1. The maximum absolute atomic E-state index is 12.2. The largest absolute Gasteiger partial charge is 0.493 e. The Morgan fingerprint density at radius 1 is 0.403 bits per heavy atom. The molecule has 756 valence electrons. The maximum Gasteiger partial charge on any atom is 0.276 e. The number of methoxy groups -OCH3 is 8. The molecule has 0 saturated heterocycles. The maximum atomic E-state index is 12.2. The highest BCUT2D eigenvalue weighted by molar-refractivity contribution is 5.68. The molecule has 30 nitrogen and oxygen atoms in total. The van der Waals surface area contributed by atoms with E-state index in [9.17, 15) is 25.1 Å². The van der Waals surface area contributed by atoms with Gasteiger partial charge in [0.1, 0.15) is 40.2 Å². The van der Waals surface area contributed by atoms with Crippen LogP contribution in [0.25, 0.3) is 0 Å². The van der Waals surface area contributed by atoms with E-state index in [4.69, 9.17) is 77.2 Å². The van der Waals surface area contributed by atoms with Gasteiger partial charge in [-0.15, -0.1) is 4.91 Å². The van der Waals surface area contributed by atoms with Gasteiger partial charge in [-0.3, -0.25) is 44.7 Å². The summed E-state index contributed by atoms with van der Waals surface area (Å²) in [6.07, 6.45) is 11.2. The molecule has 0 radical (unpaired) electrons. The van der Waals surface area contributed by atoms with E-state index in [0.717, 1.165) is 170 Å². The van der Waals surface area contributed by atoms with Gasteiger partial charge in [-0.2, -0.15) is 0 Å². The Labute approximate surface area is 842 Å². The lowest BCUT2D eigenvalue weighted by Gasteiger charge is -2.37. The summed E-state index contributed by atoms with van der Waals surface area (Å²) in [6, 6.07) is 52.6. The molecule has 0 aliphatic carbocycles. The molecule has 0 amide bonds. The predicted molar refractivity (Wildman–Crippen MR) is 556 cm³/mol. The monoisotopic (exact) mass is 1960 g/mol. The number of rotatable bonds is 12. The van der Waals surface area contributed by atoms with Gasteiger partial charge in [0.05, 0.1) is 72.8 Å². The van der Waals surface area contributed by atoms with Gasteiger partial charge < -0.3 is 82.1 Å². The zero-order chi connectivity index (χ0) is 102. The first-order valence-electron chi connectivity index (χ1n) is 48.6. The molecule has 11 aromatic rings. The Morgan fingerprint density at radius 3 is 1.18 bits per heavy atom. The average molecular weight is 1960 g/mol. The third-order valence-corrected chi connectivity index (χ3v) is 29.2. The minimum absolute atomic E-state index is 0.0444.